The van der Waals surface area contributed by atoms with Crippen molar-refractivity contribution in [3.05, 3.63) is 71.3 Å². The number of fused-ring (bicyclic) bond motifs is 3. The molecule has 132 valence electrons. The normalized spacial score (nSPS) is 24.8. The Bertz CT molecular complexity index is 873. The number of hydrogen-bond acceptors (Lipinski definition) is 2. The van der Waals surface area contributed by atoms with Crippen LogP contribution in [-0.4, -0.2) is 34.7 Å². The largest absolute Gasteiger partial charge is 0.309 e. The van der Waals surface area contributed by atoms with Gasteiger partial charge in [0.15, 0.2) is 5.66 Å². The van der Waals surface area contributed by atoms with Crippen molar-refractivity contribution < 1.29 is 9.59 Å². The van der Waals surface area contributed by atoms with Crippen LogP contribution in [-0.2, 0) is 10.5 Å². The van der Waals surface area contributed by atoms with Crippen molar-refractivity contribution in [1.82, 2.24) is 9.80 Å². The third kappa shape index (κ3) is 1.90. The highest BCUT2D eigenvalue weighted by molar-refractivity contribution is 6.02. The second kappa shape index (κ2) is 5.70. The second-order valence-electron chi connectivity index (χ2n) is 7.51. The maximum atomic E-state index is 13.5. The average Bonchev–Trinajstić information content (AvgIpc) is 3.40. The molecule has 4 nitrogen and oxygen atoms in total. The Morgan fingerprint density at radius 3 is 2.38 bits per heavy atom. The van der Waals surface area contributed by atoms with Crippen LogP contribution < -0.4 is 0 Å². The molecule has 3 aliphatic rings. The minimum Gasteiger partial charge on any atom is -0.309 e. The zero-order valence-electron chi connectivity index (χ0n) is 14.7. The van der Waals surface area contributed by atoms with Crippen molar-refractivity contribution in [2.24, 2.45) is 5.92 Å². The average molecular weight is 346 g/mol. The molecule has 5 rings (SSSR count). The van der Waals surface area contributed by atoms with E-state index in [2.05, 4.69) is 0 Å². The standard InChI is InChI=1S/C22H22N2O2/c25-20(16-8-4-5-9-16)23-14-15-24-21(26)18-12-6-7-13-19(18)22(23,24)17-10-2-1-3-11-17/h1-3,6-7,10-13,16H,4-5,8-9,14-15H2. The summed E-state index contributed by atoms with van der Waals surface area (Å²) in [5.74, 6) is 0.336. The summed E-state index contributed by atoms with van der Waals surface area (Å²) < 4.78 is 0. The van der Waals surface area contributed by atoms with E-state index >= 15 is 0 Å². The molecule has 1 unspecified atom stereocenters. The van der Waals surface area contributed by atoms with E-state index in [0.29, 0.717) is 13.1 Å². The molecule has 0 bridgehead atoms. The van der Waals surface area contributed by atoms with Crippen LogP contribution >= 0.6 is 0 Å². The van der Waals surface area contributed by atoms with Crippen molar-refractivity contribution in [2.75, 3.05) is 13.1 Å². The Balaban J connectivity index is 1.73. The minimum absolute atomic E-state index is 0.0335. The van der Waals surface area contributed by atoms with Crippen LogP contribution in [0.25, 0.3) is 0 Å². The van der Waals surface area contributed by atoms with Gasteiger partial charge in [-0.15, -0.1) is 0 Å². The van der Waals surface area contributed by atoms with Gasteiger partial charge in [-0.2, -0.15) is 0 Å². The lowest BCUT2D eigenvalue weighted by Gasteiger charge is -2.41. The zero-order chi connectivity index (χ0) is 17.7. The maximum Gasteiger partial charge on any atom is 0.256 e. The Kier molecular flexibility index (Phi) is 3.42. The molecule has 0 N–H and O–H groups in total. The Morgan fingerprint density at radius 2 is 1.62 bits per heavy atom. The van der Waals surface area contributed by atoms with Crippen molar-refractivity contribution in [3.8, 4) is 0 Å². The molecule has 26 heavy (non-hydrogen) atoms. The van der Waals surface area contributed by atoms with Crippen LogP contribution in [0.15, 0.2) is 54.6 Å². The Labute approximate surface area is 153 Å². The fourth-order valence-corrected chi connectivity index (χ4v) is 5.13. The molecule has 0 aromatic heterocycles. The van der Waals surface area contributed by atoms with E-state index in [1.165, 1.54) is 0 Å². The fraction of sp³-hybridized carbons (Fsp3) is 0.364. The predicted octanol–water partition coefficient (Wildman–Crippen LogP) is 3.38. The molecule has 2 aliphatic heterocycles. The highest BCUT2D eigenvalue weighted by Gasteiger charge is 2.59. The third-order valence-electron chi connectivity index (χ3n) is 6.25. The first-order chi connectivity index (χ1) is 12.7. The van der Waals surface area contributed by atoms with Gasteiger partial charge in [0.25, 0.3) is 5.91 Å². The van der Waals surface area contributed by atoms with E-state index in [1.54, 1.807) is 0 Å². The van der Waals surface area contributed by atoms with Gasteiger partial charge in [-0.05, 0) is 18.9 Å². The van der Waals surface area contributed by atoms with Crippen molar-refractivity contribution in [1.29, 1.82) is 0 Å². The van der Waals surface area contributed by atoms with Crippen LogP contribution in [0.4, 0.5) is 0 Å². The lowest BCUT2D eigenvalue weighted by atomic mass is 9.89. The molecule has 1 atom stereocenters. The smallest absolute Gasteiger partial charge is 0.256 e. The number of hydrogen-bond donors (Lipinski definition) is 0. The van der Waals surface area contributed by atoms with Crippen LogP contribution in [0.2, 0.25) is 0 Å². The van der Waals surface area contributed by atoms with Gasteiger partial charge in [0.2, 0.25) is 5.91 Å². The zero-order valence-corrected chi connectivity index (χ0v) is 14.7. The van der Waals surface area contributed by atoms with Crippen LogP contribution in [0.3, 0.4) is 0 Å². The van der Waals surface area contributed by atoms with E-state index < -0.39 is 5.66 Å². The molecule has 2 aromatic rings. The molecule has 0 radical (unpaired) electrons. The van der Waals surface area contributed by atoms with Gasteiger partial charge >= 0.3 is 0 Å². The minimum atomic E-state index is -0.783. The van der Waals surface area contributed by atoms with Crippen molar-refractivity contribution in [3.63, 3.8) is 0 Å². The van der Waals surface area contributed by atoms with Gasteiger partial charge in [-0.25, -0.2) is 0 Å². The molecular formula is C22H22N2O2. The number of carbonyl (C=O) groups is 2. The van der Waals surface area contributed by atoms with E-state index in [1.807, 2.05) is 64.4 Å². The van der Waals surface area contributed by atoms with Gasteiger partial charge in [0, 0.05) is 35.7 Å². The van der Waals surface area contributed by atoms with E-state index in [4.69, 9.17) is 0 Å². The molecule has 2 aromatic carbocycles. The van der Waals surface area contributed by atoms with Crippen molar-refractivity contribution >= 4 is 11.8 Å². The molecular weight excluding hydrogens is 324 g/mol. The van der Waals surface area contributed by atoms with E-state index in [-0.39, 0.29) is 17.7 Å². The Hall–Kier alpha value is -2.62. The van der Waals surface area contributed by atoms with Gasteiger partial charge < -0.3 is 9.80 Å². The first-order valence-corrected chi connectivity index (χ1v) is 9.53. The summed E-state index contributed by atoms with van der Waals surface area (Å²) >= 11 is 0. The number of nitrogens with zero attached hydrogens (tertiary/aromatic N) is 2. The summed E-state index contributed by atoms with van der Waals surface area (Å²) in [6, 6.07) is 17.8. The lowest BCUT2D eigenvalue weighted by Crippen LogP contribution is -2.52. The maximum absolute atomic E-state index is 13.5. The van der Waals surface area contributed by atoms with Crippen LogP contribution in [0, 0.1) is 5.92 Å². The van der Waals surface area contributed by atoms with Crippen LogP contribution in [0.5, 0.6) is 0 Å². The topological polar surface area (TPSA) is 40.6 Å². The number of benzene rings is 2. The molecule has 4 heteroatoms. The molecule has 2 heterocycles. The highest BCUT2D eigenvalue weighted by Crippen LogP contribution is 2.50. The third-order valence-corrected chi connectivity index (χ3v) is 6.25. The first kappa shape index (κ1) is 15.6. The van der Waals surface area contributed by atoms with Gasteiger partial charge in [-0.1, -0.05) is 61.4 Å². The summed E-state index contributed by atoms with van der Waals surface area (Å²) in [6.45, 7) is 1.19. The molecule has 0 spiro atoms. The van der Waals surface area contributed by atoms with Gasteiger partial charge in [0.05, 0.1) is 0 Å². The molecule has 1 saturated heterocycles. The van der Waals surface area contributed by atoms with E-state index in [0.717, 1.165) is 42.4 Å². The number of rotatable bonds is 2. The van der Waals surface area contributed by atoms with E-state index in [9.17, 15) is 9.59 Å². The van der Waals surface area contributed by atoms with Crippen LogP contribution in [0.1, 0.15) is 47.2 Å². The highest BCUT2D eigenvalue weighted by atomic mass is 16.2. The second-order valence-corrected chi connectivity index (χ2v) is 7.51. The fourth-order valence-electron chi connectivity index (χ4n) is 5.13. The predicted molar refractivity (Wildman–Crippen MR) is 98.4 cm³/mol. The SMILES string of the molecule is O=C1c2ccccc2C2(c3ccccc3)N1CCN2C(=O)C1CCCC1. The summed E-state index contributed by atoms with van der Waals surface area (Å²) in [5.41, 5.74) is 1.89. The summed E-state index contributed by atoms with van der Waals surface area (Å²) in [6.07, 6.45) is 4.19. The summed E-state index contributed by atoms with van der Waals surface area (Å²) in [4.78, 5) is 30.5. The summed E-state index contributed by atoms with van der Waals surface area (Å²) in [5, 5.41) is 0. The lowest BCUT2D eigenvalue weighted by molar-refractivity contribution is -0.140. The van der Waals surface area contributed by atoms with Crippen molar-refractivity contribution in [2.45, 2.75) is 31.3 Å². The van der Waals surface area contributed by atoms with Gasteiger partial charge in [0.1, 0.15) is 0 Å². The van der Waals surface area contributed by atoms with Gasteiger partial charge in [-0.3, -0.25) is 9.59 Å². The number of amides is 2. The Morgan fingerprint density at radius 1 is 0.923 bits per heavy atom. The monoisotopic (exact) mass is 346 g/mol. The molecule has 2 amide bonds. The molecule has 2 fully saturated rings. The molecule has 1 aliphatic carbocycles. The quantitative estimate of drug-likeness (QED) is 0.836. The first-order valence-electron chi connectivity index (χ1n) is 9.53. The molecule has 1 saturated carbocycles. The summed E-state index contributed by atoms with van der Waals surface area (Å²) in [7, 11) is 0. The number of carbonyl (C=O) groups excluding carboxylic acids is 2.